The fourth-order valence-electron chi connectivity index (χ4n) is 3.09. The predicted octanol–water partition coefficient (Wildman–Crippen LogP) is 1.67. The van der Waals surface area contributed by atoms with Gasteiger partial charge in [0, 0.05) is 18.4 Å². The van der Waals surface area contributed by atoms with E-state index in [0.29, 0.717) is 31.1 Å². The highest BCUT2D eigenvalue weighted by Gasteiger charge is 2.31. The van der Waals surface area contributed by atoms with Gasteiger partial charge in [-0.15, -0.1) is 4.80 Å². The zero-order valence-corrected chi connectivity index (χ0v) is 15.5. The van der Waals surface area contributed by atoms with Gasteiger partial charge < -0.3 is 15.0 Å². The molecule has 9 heteroatoms. The van der Waals surface area contributed by atoms with Crippen molar-refractivity contribution in [2.45, 2.75) is 19.6 Å². The number of carbonyl (C=O) groups excluding carboxylic acids is 1. The SMILES string of the molecule is Cc1ccc(-n2nccn2)c(C(=O)N2CCCOC2CNc2ccccn2)n1. The van der Waals surface area contributed by atoms with Crippen molar-refractivity contribution in [1.29, 1.82) is 0 Å². The molecule has 0 radical (unpaired) electrons. The van der Waals surface area contributed by atoms with Gasteiger partial charge in [-0.3, -0.25) is 4.79 Å². The number of rotatable bonds is 5. The monoisotopic (exact) mass is 379 g/mol. The lowest BCUT2D eigenvalue weighted by Crippen LogP contribution is -2.50. The highest BCUT2D eigenvalue weighted by molar-refractivity contribution is 5.96. The first-order valence-electron chi connectivity index (χ1n) is 9.14. The molecule has 0 spiro atoms. The van der Waals surface area contributed by atoms with Gasteiger partial charge in [0.05, 0.1) is 25.5 Å². The molecule has 1 amide bonds. The summed E-state index contributed by atoms with van der Waals surface area (Å²) >= 11 is 0. The number of amides is 1. The fraction of sp³-hybridized carbons (Fsp3) is 0.316. The van der Waals surface area contributed by atoms with Crippen LogP contribution in [0.25, 0.3) is 5.69 Å². The molecule has 3 aromatic rings. The first-order valence-corrected chi connectivity index (χ1v) is 9.14. The van der Waals surface area contributed by atoms with Gasteiger partial charge in [0.2, 0.25) is 0 Å². The zero-order valence-electron chi connectivity index (χ0n) is 15.5. The Morgan fingerprint density at radius 3 is 2.86 bits per heavy atom. The maximum atomic E-state index is 13.4. The molecule has 0 saturated carbocycles. The van der Waals surface area contributed by atoms with Crippen LogP contribution in [0.2, 0.25) is 0 Å². The summed E-state index contributed by atoms with van der Waals surface area (Å²) in [5.74, 6) is 0.530. The highest BCUT2D eigenvalue weighted by atomic mass is 16.5. The number of aromatic nitrogens is 5. The standard InChI is InChI=1S/C19H21N7O2/c1-14-6-7-15(26-22-9-10-23-26)18(24-14)19(27)25-11-4-12-28-17(25)13-21-16-5-2-3-8-20-16/h2-3,5-10,17H,4,11-13H2,1H3,(H,20,21). The number of ether oxygens (including phenoxy) is 1. The number of hydrogen-bond donors (Lipinski definition) is 1. The third kappa shape index (κ3) is 3.84. The maximum absolute atomic E-state index is 13.4. The molecule has 0 aromatic carbocycles. The molecular formula is C19H21N7O2. The normalized spacial score (nSPS) is 16.8. The summed E-state index contributed by atoms with van der Waals surface area (Å²) in [4.78, 5) is 25.2. The van der Waals surface area contributed by atoms with Gasteiger partial charge in [0.15, 0.2) is 5.69 Å². The first kappa shape index (κ1) is 18.1. The second-order valence-electron chi connectivity index (χ2n) is 6.41. The Bertz CT molecular complexity index is 931. The molecule has 4 rings (SSSR count). The van der Waals surface area contributed by atoms with Gasteiger partial charge >= 0.3 is 0 Å². The molecule has 28 heavy (non-hydrogen) atoms. The molecular weight excluding hydrogens is 358 g/mol. The van der Waals surface area contributed by atoms with Crippen molar-refractivity contribution < 1.29 is 9.53 Å². The molecule has 0 aliphatic carbocycles. The third-order valence-corrected chi connectivity index (χ3v) is 4.43. The topological polar surface area (TPSA) is 98.1 Å². The van der Waals surface area contributed by atoms with E-state index in [1.807, 2.05) is 37.3 Å². The quantitative estimate of drug-likeness (QED) is 0.720. The lowest BCUT2D eigenvalue weighted by Gasteiger charge is -2.35. The van der Waals surface area contributed by atoms with E-state index in [1.54, 1.807) is 23.5 Å². The predicted molar refractivity (Wildman–Crippen MR) is 102 cm³/mol. The van der Waals surface area contributed by atoms with Crippen LogP contribution in [-0.2, 0) is 4.74 Å². The van der Waals surface area contributed by atoms with E-state index in [1.165, 1.54) is 4.80 Å². The van der Waals surface area contributed by atoms with E-state index in [9.17, 15) is 4.79 Å². The summed E-state index contributed by atoms with van der Waals surface area (Å²) in [5.41, 5.74) is 1.60. The van der Waals surface area contributed by atoms with Crippen LogP contribution in [-0.4, -0.2) is 61.7 Å². The fourth-order valence-corrected chi connectivity index (χ4v) is 3.09. The largest absolute Gasteiger partial charge is 0.366 e. The average molecular weight is 379 g/mol. The van der Waals surface area contributed by atoms with Crippen LogP contribution >= 0.6 is 0 Å². The average Bonchev–Trinajstić information content (AvgIpc) is 3.27. The van der Waals surface area contributed by atoms with Crippen molar-refractivity contribution in [3.05, 3.63) is 60.3 Å². The summed E-state index contributed by atoms with van der Waals surface area (Å²) < 4.78 is 5.86. The smallest absolute Gasteiger partial charge is 0.276 e. The minimum Gasteiger partial charge on any atom is -0.366 e. The number of carbonyl (C=O) groups is 1. The summed E-state index contributed by atoms with van der Waals surface area (Å²) in [6.45, 7) is 3.48. The molecule has 1 aliphatic heterocycles. The Morgan fingerprint density at radius 2 is 2.07 bits per heavy atom. The molecule has 1 aliphatic rings. The lowest BCUT2D eigenvalue weighted by molar-refractivity contribution is -0.0693. The molecule has 4 heterocycles. The van der Waals surface area contributed by atoms with E-state index in [4.69, 9.17) is 4.74 Å². The van der Waals surface area contributed by atoms with Crippen molar-refractivity contribution in [2.75, 3.05) is 25.0 Å². The van der Waals surface area contributed by atoms with Gasteiger partial charge in [-0.1, -0.05) is 6.07 Å². The van der Waals surface area contributed by atoms with Gasteiger partial charge in [0.25, 0.3) is 5.91 Å². The van der Waals surface area contributed by atoms with Gasteiger partial charge in [-0.05, 0) is 37.6 Å². The van der Waals surface area contributed by atoms with E-state index in [0.717, 1.165) is 17.9 Å². The van der Waals surface area contributed by atoms with E-state index < -0.39 is 6.23 Å². The van der Waals surface area contributed by atoms with Crippen LogP contribution in [0.5, 0.6) is 0 Å². The van der Waals surface area contributed by atoms with Crippen molar-refractivity contribution in [2.24, 2.45) is 0 Å². The second-order valence-corrected chi connectivity index (χ2v) is 6.41. The molecule has 0 bridgehead atoms. The van der Waals surface area contributed by atoms with Crippen molar-refractivity contribution in [3.63, 3.8) is 0 Å². The van der Waals surface area contributed by atoms with Crippen molar-refractivity contribution >= 4 is 11.7 Å². The van der Waals surface area contributed by atoms with Crippen LogP contribution in [0, 0.1) is 6.92 Å². The van der Waals surface area contributed by atoms with Crippen LogP contribution in [0.1, 0.15) is 22.6 Å². The van der Waals surface area contributed by atoms with Crippen molar-refractivity contribution in [3.8, 4) is 5.69 Å². The molecule has 9 nitrogen and oxygen atoms in total. The number of aryl methyl sites for hydroxylation is 1. The van der Waals surface area contributed by atoms with Crippen LogP contribution < -0.4 is 5.32 Å². The van der Waals surface area contributed by atoms with E-state index in [2.05, 4.69) is 25.5 Å². The minimum absolute atomic E-state index is 0.205. The Labute approximate surface area is 162 Å². The van der Waals surface area contributed by atoms with Crippen LogP contribution in [0.3, 0.4) is 0 Å². The van der Waals surface area contributed by atoms with Gasteiger partial charge in [-0.25, -0.2) is 9.97 Å². The first-order chi connectivity index (χ1) is 13.7. The number of pyridine rings is 2. The zero-order chi connectivity index (χ0) is 19.3. The van der Waals surface area contributed by atoms with Crippen LogP contribution in [0.4, 0.5) is 5.82 Å². The number of hydrogen-bond acceptors (Lipinski definition) is 7. The maximum Gasteiger partial charge on any atom is 0.276 e. The summed E-state index contributed by atoms with van der Waals surface area (Å²) in [5, 5.41) is 11.5. The molecule has 1 saturated heterocycles. The van der Waals surface area contributed by atoms with Gasteiger partial charge in [0.1, 0.15) is 17.7 Å². The van der Waals surface area contributed by atoms with Gasteiger partial charge in [-0.2, -0.15) is 10.2 Å². The number of anilines is 1. The third-order valence-electron chi connectivity index (χ3n) is 4.43. The Kier molecular flexibility index (Phi) is 5.24. The molecule has 1 unspecified atom stereocenters. The number of nitrogens with one attached hydrogen (secondary N) is 1. The van der Waals surface area contributed by atoms with E-state index in [-0.39, 0.29) is 5.91 Å². The van der Waals surface area contributed by atoms with Crippen molar-refractivity contribution in [1.82, 2.24) is 29.9 Å². The summed E-state index contributed by atoms with van der Waals surface area (Å²) in [6.07, 6.45) is 5.21. The lowest BCUT2D eigenvalue weighted by atomic mass is 10.2. The molecule has 3 aromatic heterocycles. The molecule has 1 fully saturated rings. The Hall–Kier alpha value is -3.33. The molecule has 1 N–H and O–H groups in total. The molecule has 1 atom stereocenters. The Balaban J connectivity index is 1.58. The molecule has 144 valence electrons. The minimum atomic E-state index is -0.413. The number of nitrogens with zero attached hydrogens (tertiary/aromatic N) is 6. The summed E-state index contributed by atoms with van der Waals surface area (Å²) in [6, 6.07) is 9.27. The van der Waals surface area contributed by atoms with Crippen LogP contribution in [0.15, 0.2) is 48.9 Å². The highest BCUT2D eigenvalue weighted by Crippen LogP contribution is 2.19. The Morgan fingerprint density at radius 1 is 1.21 bits per heavy atom. The summed E-state index contributed by atoms with van der Waals surface area (Å²) in [7, 11) is 0. The van der Waals surface area contributed by atoms with E-state index >= 15 is 0 Å². The second kappa shape index (κ2) is 8.13.